The van der Waals surface area contributed by atoms with Gasteiger partial charge in [0.15, 0.2) is 0 Å². The molecule has 4 rings (SSSR count). The normalized spacial score (nSPS) is 17.0. The zero-order chi connectivity index (χ0) is 22.5. The van der Waals surface area contributed by atoms with Gasteiger partial charge in [-0.25, -0.2) is 4.68 Å². The first-order valence-corrected chi connectivity index (χ1v) is 10.8. The zero-order valence-electron chi connectivity index (χ0n) is 16.9. The van der Waals surface area contributed by atoms with Crippen LogP contribution in [0.5, 0.6) is 17.2 Å². The Labute approximate surface area is 186 Å². The van der Waals surface area contributed by atoms with E-state index in [1.807, 2.05) is 5.38 Å². The molecule has 2 aromatic carbocycles. The Bertz CT molecular complexity index is 1150. The predicted molar refractivity (Wildman–Crippen MR) is 117 cm³/mol. The number of thiazole rings is 1. The van der Waals surface area contributed by atoms with Gasteiger partial charge in [0.2, 0.25) is 4.80 Å². The number of phenolic OH excluding ortho intramolecular Hbond substituents is 2. The maximum Gasteiger partial charge on any atom is 0.387 e. The van der Waals surface area contributed by atoms with E-state index in [1.54, 1.807) is 29.1 Å². The van der Waals surface area contributed by atoms with Crippen molar-refractivity contribution in [1.82, 2.24) is 4.68 Å². The van der Waals surface area contributed by atoms with Gasteiger partial charge in [0, 0.05) is 23.6 Å². The third-order valence-corrected chi connectivity index (χ3v) is 5.68. The van der Waals surface area contributed by atoms with Crippen LogP contribution in [0.15, 0.2) is 57.9 Å². The summed E-state index contributed by atoms with van der Waals surface area (Å²) >= 11 is 1.36. The molecule has 0 spiro atoms. The summed E-state index contributed by atoms with van der Waals surface area (Å²) in [5.74, 6) is -0.0841. The maximum absolute atomic E-state index is 12.3. The molecular weight excluding hydrogens is 440 g/mol. The van der Waals surface area contributed by atoms with Crippen LogP contribution in [0.1, 0.15) is 18.4 Å². The fraction of sp³-hybridized carbons (Fsp3) is 0.273. The standard InChI is InChI=1S/C22H21F2N3O4S/c23-21(24)31-16-6-3-14(4-7-16)11-26-27-19(18-8-5-15(28)10-20(18)29)13-32-22(27)25-12-17-2-1-9-30-17/h3-8,10-11,13,17,21,28-29H,1-2,9,12H2/b25-22?,26-11+. The molecule has 1 atom stereocenters. The van der Waals surface area contributed by atoms with Gasteiger partial charge in [-0.3, -0.25) is 4.99 Å². The SMILES string of the molecule is Oc1ccc(-c2csc(=NCC3CCCO3)n2/N=C/c2ccc(OC(F)F)cc2)c(O)c1. The zero-order valence-corrected chi connectivity index (χ0v) is 17.7. The summed E-state index contributed by atoms with van der Waals surface area (Å²) in [5.41, 5.74) is 1.74. The molecule has 168 valence electrons. The molecule has 0 amide bonds. The van der Waals surface area contributed by atoms with Gasteiger partial charge in [0.25, 0.3) is 0 Å². The molecule has 0 aliphatic carbocycles. The Hall–Kier alpha value is -3.24. The highest BCUT2D eigenvalue weighted by Crippen LogP contribution is 2.32. The monoisotopic (exact) mass is 461 g/mol. The van der Waals surface area contributed by atoms with Crippen molar-refractivity contribution in [2.45, 2.75) is 25.6 Å². The van der Waals surface area contributed by atoms with Crippen molar-refractivity contribution in [3.8, 4) is 28.5 Å². The quantitative estimate of drug-likeness (QED) is 0.517. The first-order valence-electron chi connectivity index (χ1n) is 9.94. The molecule has 1 fully saturated rings. The number of halogens is 2. The van der Waals surface area contributed by atoms with Gasteiger partial charge >= 0.3 is 6.61 Å². The Morgan fingerprint density at radius 1 is 1.22 bits per heavy atom. The summed E-state index contributed by atoms with van der Waals surface area (Å²) < 4.78 is 36.3. The second-order valence-corrected chi connectivity index (χ2v) is 7.92. The molecule has 1 unspecified atom stereocenters. The first kappa shape index (κ1) is 22.0. The van der Waals surface area contributed by atoms with Gasteiger partial charge < -0.3 is 19.7 Å². The summed E-state index contributed by atoms with van der Waals surface area (Å²) in [5, 5.41) is 26.3. The van der Waals surface area contributed by atoms with Crippen molar-refractivity contribution in [2.75, 3.05) is 13.2 Å². The third kappa shape index (κ3) is 5.32. The molecule has 7 nitrogen and oxygen atoms in total. The van der Waals surface area contributed by atoms with E-state index < -0.39 is 6.61 Å². The number of hydrogen-bond donors (Lipinski definition) is 2. The van der Waals surface area contributed by atoms with Crippen LogP contribution < -0.4 is 9.54 Å². The molecule has 1 aromatic heterocycles. The topological polar surface area (TPSA) is 88.6 Å². The van der Waals surface area contributed by atoms with Crippen molar-refractivity contribution >= 4 is 17.6 Å². The second kappa shape index (κ2) is 9.92. The van der Waals surface area contributed by atoms with E-state index in [9.17, 15) is 19.0 Å². The minimum absolute atomic E-state index is 0.0501. The Balaban J connectivity index is 1.67. The van der Waals surface area contributed by atoms with Gasteiger partial charge in [0.1, 0.15) is 17.2 Å². The van der Waals surface area contributed by atoms with Crippen LogP contribution in [0.25, 0.3) is 11.3 Å². The molecule has 10 heteroatoms. The molecule has 0 saturated carbocycles. The van der Waals surface area contributed by atoms with E-state index in [0.717, 1.165) is 19.4 Å². The van der Waals surface area contributed by atoms with Crippen molar-refractivity contribution in [2.24, 2.45) is 10.1 Å². The van der Waals surface area contributed by atoms with Crippen LogP contribution in [0.4, 0.5) is 8.78 Å². The number of aromatic nitrogens is 1. The number of alkyl halides is 2. The molecule has 0 radical (unpaired) electrons. The van der Waals surface area contributed by atoms with Gasteiger partial charge in [-0.15, -0.1) is 11.3 Å². The molecule has 2 heterocycles. The predicted octanol–water partition coefficient (Wildman–Crippen LogP) is 4.19. The van der Waals surface area contributed by atoms with E-state index in [2.05, 4.69) is 14.8 Å². The molecule has 32 heavy (non-hydrogen) atoms. The fourth-order valence-electron chi connectivity index (χ4n) is 3.27. The number of ether oxygens (including phenoxy) is 2. The van der Waals surface area contributed by atoms with Crippen LogP contribution in [-0.2, 0) is 4.74 Å². The van der Waals surface area contributed by atoms with Crippen molar-refractivity contribution < 1.29 is 28.5 Å². The minimum Gasteiger partial charge on any atom is -0.508 e. The summed E-state index contributed by atoms with van der Waals surface area (Å²) in [6.45, 7) is -1.65. The molecular formula is C22H21F2N3O4S. The number of phenols is 2. The van der Waals surface area contributed by atoms with E-state index in [4.69, 9.17) is 4.74 Å². The number of hydrogen-bond acceptors (Lipinski definition) is 7. The summed E-state index contributed by atoms with van der Waals surface area (Å²) in [7, 11) is 0. The van der Waals surface area contributed by atoms with Crippen LogP contribution >= 0.6 is 11.3 Å². The average molecular weight is 461 g/mol. The summed E-state index contributed by atoms with van der Waals surface area (Å²) in [4.78, 5) is 5.26. The fourth-order valence-corrected chi connectivity index (χ4v) is 4.11. The number of benzene rings is 2. The van der Waals surface area contributed by atoms with Crippen molar-refractivity contribution in [3.63, 3.8) is 0 Å². The van der Waals surface area contributed by atoms with Crippen molar-refractivity contribution in [1.29, 1.82) is 0 Å². The average Bonchev–Trinajstić information content (AvgIpc) is 3.41. The molecule has 1 aliphatic rings. The lowest BCUT2D eigenvalue weighted by Gasteiger charge is -2.07. The molecule has 3 aromatic rings. The Kier molecular flexibility index (Phi) is 6.81. The first-order chi connectivity index (χ1) is 15.5. The molecule has 0 bridgehead atoms. The highest BCUT2D eigenvalue weighted by atomic mass is 32.1. The van der Waals surface area contributed by atoms with E-state index in [-0.39, 0.29) is 23.4 Å². The number of aromatic hydroxyl groups is 2. The smallest absolute Gasteiger partial charge is 0.387 e. The van der Waals surface area contributed by atoms with Gasteiger partial charge in [-0.05, 0) is 54.8 Å². The molecule has 2 N–H and O–H groups in total. The van der Waals surface area contributed by atoms with Crippen LogP contribution in [0.3, 0.4) is 0 Å². The number of rotatable bonds is 7. The summed E-state index contributed by atoms with van der Waals surface area (Å²) in [6.07, 6.45) is 3.60. The second-order valence-electron chi connectivity index (χ2n) is 7.08. The van der Waals surface area contributed by atoms with Crippen LogP contribution in [-0.4, -0.2) is 47.0 Å². The lowest BCUT2D eigenvalue weighted by Crippen LogP contribution is -2.17. The van der Waals surface area contributed by atoms with Gasteiger partial charge in [0.05, 0.1) is 24.6 Å². The van der Waals surface area contributed by atoms with E-state index in [1.165, 1.54) is 35.6 Å². The minimum atomic E-state index is -2.88. The highest BCUT2D eigenvalue weighted by Gasteiger charge is 2.16. The van der Waals surface area contributed by atoms with Crippen LogP contribution in [0, 0.1) is 0 Å². The van der Waals surface area contributed by atoms with Crippen LogP contribution in [0.2, 0.25) is 0 Å². The van der Waals surface area contributed by atoms with Gasteiger partial charge in [-0.1, -0.05) is 0 Å². The third-order valence-electron chi connectivity index (χ3n) is 4.82. The highest BCUT2D eigenvalue weighted by molar-refractivity contribution is 7.07. The van der Waals surface area contributed by atoms with Crippen molar-refractivity contribution in [3.05, 3.63) is 58.2 Å². The lowest BCUT2D eigenvalue weighted by atomic mass is 10.1. The summed E-state index contributed by atoms with van der Waals surface area (Å²) in [6, 6.07) is 10.4. The van der Waals surface area contributed by atoms with E-state index in [0.29, 0.717) is 28.2 Å². The molecule has 1 saturated heterocycles. The Morgan fingerprint density at radius 2 is 2.03 bits per heavy atom. The Morgan fingerprint density at radius 3 is 2.72 bits per heavy atom. The van der Waals surface area contributed by atoms with E-state index >= 15 is 0 Å². The van der Waals surface area contributed by atoms with Gasteiger partial charge in [-0.2, -0.15) is 13.9 Å². The largest absolute Gasteiger partial charge is 0.508 e. The maximum atomic E-state index is 12.3. The molecule has 1 aliphatic heterocycles. The number of nitrogens with zero attached hydrogens (tertiary/aromatic N) is 3. The lowest BCUT2D eigenvalue weighted by molar-refractivity contribution is -0.0498.